The summed E-state index contributed by atoms with van der Waals surface area (Å²) in [6.45, 7) is 0. The highest BCUT2D eigenvalue weighted by atomic mass is 14.9. The van der Waals surface area contributed by atoms with E-state index in [0.717, 1.165) is 184 Å². The van der Waals surface area contributed by atoms with Gasteiger partial charge < -0.3 is 0 Å². The van der Waals surface area contributed by atoms with Gasteiger partial charge >= 0.3 is 0 Å². The van der Waals surface area contributed by atoms with Gasteiger partial charge in [-0.05, 0) is 190 Å². The third-order valence-corrected chi connectivity index (χ3v) is 20.3. The first-order chi connectivity index (χ1) is 53.5. The van der Waals surface area contributed by atoms with E-state index < -0.39 is 0 Å². The van der Waals surface area contributed by atoms with Crippen LogP contribution in [0.15, 0.2) is 413 Å². The lowest BCUT2D eigenvalue weighted by Crippen LogP contribution is -1.94. The Hall–Kier alpha value is -14.5. The maximum absolute atomic E-state index is 5.14. The molecule has 0 spiro atoms. The zero-order valence-corrected chi connectivity index (χ0v) is 58.9. The zero-order chi connectivity index (χ0) is 72.0. The molecule has 0 aliphatic heterocycles. The van der Waals surface area contributed by atoms with Crippen LogP contribution >= 0.6 is 0 Å². The lowest BCUT2D eigenvalue weighted by atomic mass is 9.86. The summed E-state index contributed by atoms with van der Waals surface area (Å²) < 4.78 is 0. The van der Waals surface area contributed by atoms with E-state index in [0.29, 0.717) is 5.82 Å². The number of hydrogen-bond acceptors (Lipinski definition) is 6. The van der Waals surface area contributed by atoms with Crippen LogP contribution in [0.2, 0.25) is 0 Å². The molecule has 0 aliphatic rings. The molecule has 0 atom stereocenters. The van der Waals surface area contributed by atoms with Gasteiger partial charge in [-0.1, -0.05) is 303 Å². The number of rotatable bonds is 17. The van der Waals surface area contributed by atoms with Gasteiger partial charge in [-0.2, -0.15) is 0 Å². The minimum atomic E-state index is 0.638. The molecule has 506 valence electrons. The fraction of sp³-hybridized carbons (Fsp3) is 0. The molecule has 0 N–H and O–H groups in total. The van der Waals surface area contributed by atoms with Crippen LogP contribution in [-0.4, -0.2) is 29.9 Å². The van der Waals surface area contributed by atoms with Gasteiger partial charge in [0.1, 0.15) is 0 Å². The van der Waals surface area contributed by atoms with Gasteiger partial charge in [0.15, 0.2) is 5.82 Å². The van der Waals surface area contributed by atoms with E-state index in [1.165, 1.54) is 0 Å². The van der Waals surface area contributed by atoms with E-state index >= 15 is 0 Å². The highest BCUT2D eigenvalue weighted by Crippen LogP contribution is 2.46. The van der Waals surface area contributed by atoms with Gasteiger partial charge in [0.25, 0.3) is 0 Å². The lowest BCUT2D eigenvalue weighted by Gasteiger charge is -2.18. The molecule has 0 saturated heterocycles. The summed E-state index contributed by atoms with van der Waals surface area (Å²) in [6.07, 6.45) is 11.6. The maximum Gasteiger partial charge on any atom is 0.159 e. The molecule has 6 nitrogen and oxygen atoms in total. The highest BCUT2D eigenvalue weighted by molar-refractivity contribution is 5.97. The second kappa shape index (κ2) is 29.7. The lowest BCUT2D eigenvalue weighted by molar-refractivity contribution is 1.18. The van der Waals surface area contributed by atoms with Crippen molar-refractivity contribution in [3.05, 3.63) is 413 Å². The number of aromatic nitrogens is 6. The van der Waals surface area contributed by atoms with Gasteiger partial charge in [0, 0.05) is 81.7 Å². The molecule has 0 fully saturated rings. The average molecular weight is 1380 g/mol. The van der Waals surface area contributed by atoms with Crippen molar-refractivity contribution in [3.8, 4) is 190 Å². The molecule has 18 aromatic rings. The Labute approximate surface area is 629 Å². The van der Waals surface area contributed by atoms with Crippen LogP contribution in [0.1, 0.15) is 0 Å². The van der Waals surface area contributed by atoms with Crippen molar-refractivity contribution in [2.45, 2.75) is 0 Å². The number of nitrogens with zero attached hydrogens (tertiary/aromatic N) is 6. The van der Waals surface area contributed by atoms with Crippen molar-refractivity contribution in [1.29, 1.82) is 0 Å². The molecule has 5 aromatic heterocycles. The Kier molecular flexibility index (Phi) is 18.0. The normalized spacial score (nSPS) is 11.1. The van der Waals surface area contributed by atoms with Crippen LogP contribution < -0.4 is 0 Å². The molecule has 0 bridgehead atoms. The predicted octanol–water partition coefficient (Wildman–Crippen LogP) is 26.4. The number of pyridine rings is 4. The molecule has 5 heterocycles. The molecule has 18 rings (SSSR count). The van der Waals surface area contributed by atoms with Gasteiger partial charge in [-0.25, -0.2) is 9.97 Å². The zero-order valence-electron chi connectivity index (χ0n) is 58.9. The van der Waals surface area contributed by atoms with Crippen LogP contribution in [0, 0.1) is 0 Å². The molecular formula is C102H68N6. The van der Waals surface area contributed by atoms with E-state index in [2.05, 4.69) is 350 Å². The Morgan fingerprint density at radius 2 is 0.333 bits per heavy atom. The third kappa shape index (κ3) is 13.5. The fourth-order valence-corrected chi connectivity index (χ4v) is 14.9. The Balaban J connectivity index is 0.690. The molecule has 108 heavy (non-hydrogen) atoms. The molecule has 6 heteroatoms. The molecule has 0 amide bonds. The van der Waals surface area contributed by atoms with E-state index in [1.54, 1.807) is 0 Å². The first-order valence-corrected chi connectivity index (χ1v) is 36.4. The second-order valence-electron chi connectivity index (χ2n) is 26.9. The summed E-state index contributed by atoms with van der Waals surface area (Å²) in [4.78, 5) is 29.6. The first-order valence-electron chi connectivity index (χ1n) is 36.4. The molecule has 0 saturated carbocycles. The van der Waals surface area contributed by atoms with Crippen LogP contribution in [0.25, 0.3) is 190 Å². The average Bonchev–Trinajstić information content (AvgIpc) is 0.772. The van der Waals surface area contributed by atoms with E-state index in [4.69, 9.17) is 19.9 Å². The van der Waals surface area contributed by atoms with Gasteiger partial charge in [0.05, 0.1) is 22.8 Å². The Morgan fingerprint density at radius 1 is 0.120 bits per heavy atom. The molecule has 0 radical (unpaired) electrons. The van der Waals surface area contributed by atoms with E-state index in [-0.39, 0.29) is 0 Å². The van der Waals surface area contributed by atoms with Crippen LogP contribution in [-0.2, 0) is 0 Å². The van der Waals surface area contributed by atoms with Crippen LogP contribution in [0.5, 0.6) is 0 Å². The largest absolute Gasteiger partial charge is 0.256 e. The summed E-state index contributed by atoms with van der Waals surface area (Å²) in [5.41, 5.74) is 35.0. The van der Waals surface area contributed by atoms with Gasteiger partial charge in [-0.3, -0.25) is 19.9 Å². The SMILES string of the molecule is c1ccc(-c2ccc(-c3ccccc3-c3cc(-c4ccccc4-c4ccc(-c5ccccc5)nc4)cc(-c4ccccc4-c4cnc(-c5ccc(-c6ccccc6-c6cc(-c7ccccc7-c7ccc(-c8ccccn8)cc7)cc(-c7ccccc7-c7ccc(-c8ccccn8)cc7)c6)cc5)nc4)c3)cn2)cc1. The molecule has 0 aliphatic carbocycles. The fourth-order valence-electron chi connectivity index (χ4n) is 14.9. The summed E-state index contributed by atoms with van der Waals surface area (Å²) in [6, 6.07) is 134. The topological polar surface area (TPSA) is 77.3 Å². The van der Waals surface area contributed by atoms with Crippen molar-refractivity contribution in [1.82, 2.24) is 29.9 Å². The Morgan fingerprint density at radius 3 is 0.611 bits per heavy atom. The van der Waals surface area contributed by atoms with Crippen molar-refractivity contribution in [3.63, 3.8) is 0 Å². The van der Waals surface area contributed by atoms with Crippen molar-refractivity contribution < 1.29 is 0 Å². The molecular weight excluding hydrogens is 1310 g/mol. The summed E-state index contributed by atoms with van der Waals surface area (Å²) in [5.74, 6) is 0.638. The van der Waals surface area contributed by atoms with E-state index in [9.17, 15) is 0 Å². The second-order valence-corrected chi connectivity index (χ2v) is 26.9. The quantitative estimate of drug-likeness (QED) is 0.0904. The summed E-state index contributed by atoms with van der Waals surface area (Å²) >= 11 is 0. The first kappa shape index (κ1) is 65.6. The summed E-state index contributed by atoms with van der Waals surface area (Å²) in [7, 11) is 0. The van der Waals surface area contributed by atoms with Crippen molar-refractivity contribution >= 4 is 0 Å². The molecule has 0 unspecified atom stereocenters. The maximum atomic E-state index is 5.14. The summed E-state index contributed by atoms with van der Waals surface area (Å²) in [5, 5.41) is 0. The van der Waals surface area contributed by atoms with Gasteiger partial charge in [0.2, 0.25) is 0 Å². The standard InChI is InChI=1S/C102H68N6/c1-3-23-72(24-4-1)100-55-53-77(65-105-100)89-30-10-15-35-94(89)82-62-83(95-36-16-11-31-90(95)78-54-56-101(106-66-78)73-25-5-2-6-26-73)64-84(63-82)96-37-17-18-38-97(96)85-67-107-102(108-68-85)76-51-45-71(46-52-76)88-29-9-14-34-93(88)81-60-79(91-32-12-7-27-86(91)69-41-47-74(48-42-69)98-39-19-21-57-103-98)59-80(61-81)92-33-13-8-28-87(92)70-43-49-75(50-44-70)99-40-20-22-58-104-99/h1-68H. The minimum absolute atomic E-state index is 0.638. The van der Waals surface area contributed by atoms with Crippen molar-refractivity contribution in [2.75, 3.05) is 0 Å². The highest BCUT2D eigenvalue weighted by Gasteiger charge is 2.21. The number of benzene rings is 13. The van der Waals surface area contributed by atoms with E-state index in [1.807, 2.05) is 73.6 Å². The van der Waals surface area contributed by atoms with Crippen molar-refractivity contribution in [2.24, 2.45) is 0 Å². The molecule has 13 aromatic carbocycles. The Bertz CT molecular complexity index is 5530. The smallest absolute Gasteiger partial charge is 0.159 e. The van der Waals surface area contributed by atoms with Gasteiger partial charge in [-0.15, -0.1) is 0 Å². The number of hydrogen-bond donors (Lipinski definition) is 0. The minimum Gasteiger partial charge on any atom is -0.256 e. The monoisotopic (exact) mass is 1380 g/mol. The third-order valence-electron chi connectivity index (χ3n) is 20.3. The van der Waals surface area contributed by atoms with Crippen LogP contribution in [0.4, 0.5) is 0 Å². The van der Waals surface area contributed by atoms with Crippen LogP contribution in [0.3, 0.4) is 0 Å². The predicted molar refractivity (Wildman–Crippen MR) is 446 cm³/mol.